The summed E-state index contributed by atoms with van der Waals surface area (Å²) in [7, 11) is 1.55. The predicted molar refractivity (Wildman–Crippen MR) is 77.5 cm³/mol. The first-order valence-electron chi connectivity index (χ1n) is 6.52. The topological polar surface area (TPSA) is 90.7 Å². The van der Waals surface area contributed by atoms with Gasteiger partial charge < -0.3 is 14.8 Å². The highest BCUT2D eigenvalue weighted by molar-refractivity contribution is 5.78. The van der Waals surface area contributed by atoms with Gasteiger partial charge in [-0.15, -0.1) is 0 Å². The average Bonchev–Trinajstić information content (AvgIpc) is 2.38. The standard InChI is InChI=1S/C14H20N2O5/c1-9-5-6-12(16(18)19)11(3)14(9)21-8-13(17)15-10(2)7-20-4/h5-6,10H,7-8H2,1-4H3,(H,15,17). The highest BCUT2D eigenvalue weighted by atomic mass is 16.6. The van der Waals surface area contributed by atoms with Crippen LogP contribution in [0.3, 0.4) is 0 Å². The summed E-state index contributed by atoms with van der Waals surface area (Å²) in [6.07, 6.45) is 0. The summed E-state index contributed by atoms with van der Waals surface area (Å²) in [5.41, 5.74) is 1.14. The summed E-state index contributed by atoms with van der Waals surface area (Å²) >= 11 is 0. The Morgan fingerprint density at radius 3 is 2.67 bits per heavy atom. The molecule has 1 atom stereocenters. The van der Waals surface area contributed by atoms with Crippen molar-refractivity contribution in [2.75, 3.05) is 20.3 Å². The number of ether oxygens (including phenoxy) is 2. The van der Waals surface area contributed by atoms with Gasteiger partial charge >= 0.3 is 0 Å². The molecule has 21 heavy (non-hydrogen) atoms. The van der Waals surface area contributed by atoms with Crippen LogP contribution in [-0.4, -0.2) is 37.2 Å². The number of nitrogens with zero attached hydrogens (tertiary/aromatic N) is 1. The van der Waals surface area contributed by atoms with Gasteiger partial charge in [0.1, 0.15) is 5.75 Å². The molecule has 7 heteroatoms. The van der Waals surface area contributed by atoms with Gasteiger partial charge in [0.25, 0.3) is 11.6 Å². The van der Waals surface area contributed by atoms with E-state index in [4.69, 9.17) is 9.47 Å². The highest BCUT2D eigenvalue weighted by Gasteiger charge is 2.18. The lowest BCUT2D eigenvalue weighted by Crippen LogP contribution is -2.38. The number of nitro groups is 1. The van der Waals surface area contributed by atoms with Crippen molar-refractivity contribution in [2.45, 2.75) is 26.8 Å². The molecular weight excluding hydrogens is 276 g/mol. The summed E-state index contributed by atoms with van der Waals surface area (Å²) in [5, 5.41) is 13.6. The molecule has 0 saturated heterocycles. The molecule has 0 aliphatic heterocycles. The van der Waals surface area contributed by atoms with Gasteiger partial charge in [0, 0.05) is 19.2 Å². The number of nitro benzene ring substituents is 1. The lowest BCUT2D eigenvalue weighted by atomic mass is 10.1. The maximum atomic E-state index is 11.7. The van der Waals surface area contributed by atoms with Gasteiger partial charge in [0.15, 0.2) is 6.61 Å². The van der Waals surface area contributed by atoms with E-state index in [1.807, 2.05) is 6.92 Å². The minimum atomic E-state index is -0.470. The van der Waals surface area contributed by atoms with Crippen molar-refractivity contribution in [3.63, 3.8) is 0 Å². The molecule has 0 spiro atoms. The second kappa shape index (κ2) is 7.58. The SMILES string of the molecule is COCC(C)NC(=O)COc1c(C)ccc([N+](=O)[O-])c1C. The van der Waals surface area contributed by atoms with Crippen LogP contribution in [0.1, 0.15) is 18.1 Å². The third-order valence-corrected chi connectivity index (χ3v) is 2.94. The Kier molecular flexibility index (Phi) is 6.10. The van der Waals surface area contributed by atoms with Gasteiger partial charge in [-0.05, 0) is 32.4 Å². The molecule has 1 aromatic rings. The summed E-state index contributed by atoms with van der Waals surface area (Å²) in [5.74, 6) is 0.0728. The van der Waals surface area contributed by atoms with Crippen molar-refractivity contribution >= 4 is 11.6 Å². The monoisotopic (exact) mass is 296 g/mol. The fourth-order valence-electron chi connectivity index (χ4n) is 1.98. The van der Waals surface area contributed by atoms with Crippen molar-refractivity contribution in [1.29, 1.82) is 0 Å². The number of hydrogen-bond donors (Lipinski definition) is 1. The predicted octanol–water partition coefficient (Wildman–Crippen LogP) is 1.74. The van der Waals surface area contributed by atoms with Gasteiger partial charge in [-0.2, -0.15) is 0 Å². The fraction of sp³-hybridized carbons (Fsp3) is 0.500. The van der Waals surface area contributed by atoms with Crippen molar-refractivity contribution in [3.05, 3.63) is 33.4 Å². The van der Waals surface area contributed by atoms with E-state index in [1.54, 1.807) is 27.0 Å². The van der Waals surface area contributed by atoms with E-state index in [0.717, 1.165) is 5.56 Å². The van der Waals surface area contributed by atoms with E-state index in [1.165, 1.54) is 6.07 Å². The number of benzene rings is 1. The lowest BCUT2D eigenvalue weighted by Gasteiger charge is -2.15. The molecule has 1 N–H and O–H groups in total. The van der Waals surface area contributed by atoms with Gasteiger partial charge in [-0.25, -0.2) is 0 Å². The maximum absolute atomic E-state index is 11.7. The molecular formula is C14H20N2O5. The number of nitrogens with one attached hydrogen (secondary N) is 1. The summed E-state index contributed by atoms with van der Waals surface area (Å²) in [4.78, 5) is 22.1. The van der Waals surface area contributed by atoms with Crippen molar-refractivity contribution < 1.29 is 19.2 Å². The van der Waals surface area contributed by atoms with Gasteiger partial charge in [0.05, 0.1) is 17.1 Å². The molecule has 0 bridgehead atoms. The zero-order valence-corrected chi connectivity index (χ0v) is 12.6. The molecule has 1 unspecified atom stereocenters. The second-order valence-corrected chi connectivity index (χ2v) is 4.83. The molecule has 0 saturated carbocycles. The first-order chi connectivity index (χ1) is 9.86. The number of amides is 1. The Morgan fingerprint density at radius 2 is 2.10 bits per heavy atom. The van der Waals surface area contributed by atoms with Crippen LogP contribution in [0.4, 0.5) is 5.69 Å². The largest absolute Gasteiger partial charge is 0.483 e. The Bertz CT molecular complexity index is 530. The minimum Gasteiger partial charge on any atom is -0.483 e. The normalized spacial score (nSPS) is 11.8. The molecule has 0 fully saturated rings. The maximum Gasteiger partial charge on any atom is 0.276 e. The Labute approximate surface area is 123 Å². The molecule has 0 aliphatic carbocycles. The van der Waals surface area contributed by atoms with Gasteiger partial charge in [-0.3, -0.25) is 14.9 Å². The third kappa shape index (κ3) is 4.71. The molecule has 116 valence electrons. The van der Waals surface area contributed by atoms with E-state index in [0.29, 0.717) is 17.9 Å². The van der Waals surface area contributed by atoms with E-state index >= 15 is 0 Å². The third-order valence-electron chi connectivity index (χ3n) is 2.94. The molecule has 0 heterocycles. The van der Waals surface area contributed by atoms with Gasteiger partial charge in [0.2, 0.25) is 0 Å². The van der Waals surface area contributed by atoms with Crippen LogP contribution in [0.25, 0.3) is 0 Å². The van der Waals surface area contributed by atoms with Crippen LogP contribution >= 0.6 is 0 Å². The number of hydrogen-bond acceptors (Lipinski definition) is 5. The molecule has 0 aromatic heterocycles. The summed E-state index contributed by atoms with van der Waals surface area (Å²) < 4.78 is 10.4. The zero-order valence-electron chi connectivity index (χ0n) is 12.6. The quantitative estimate of drug-likeness (QED) is 0.611. The summed E-state index contributed by atoms with van der Waals surface area (Å²) in [6, 6.07) is 2.91. The smallest absolute Gasteiger partial charge is 0.276 e. The molecule has 7 nitrogen and oxygen atoms in total. The minimum absolute atomic E-state index is 0.0243. The lowest BCUT2D eigenvalue weighted by molar-refractivity contribution is -0.385. The van der Waals surface area contributed by atoms with Crippen LogP contribution in [0.15, 0.2) is 12.1 Å². The second-order valence-electron chi connectivity index (χ2n) is 4.83. The van der Waals surface area contributed by atoms with Crippen LogP contribution in [0.2, 0.25) is 0 Å². The number of carbonyl (C=O) groups is 1. The molecule has 0 aliphatic rings. The number of methoxy groups -OCH3 is 1. The molecule has 1 rings (SSSR count). The molecule has 0 radical (unpaired) electrons. The van der Waals surface area contributed by atoms with Crippen molar-refractivity contribution in [2.24, 2.45) is 0 Å². The van der Waals surface area contributed by atoms with E-state index in [2.05, 4.69) is 5.32 Å². The van der Waals surface area contributed by atoms with Crippen LogP contribution < -0.4 is 10.1 Å². The van der Waals surface area contributed by atoms with E-state index in [9.17, 15) is 14.9 Å². The van der Waals surface area contributed by atoms with Crippen LogP contribution in [0, 0.1) is 24.0 Å². The van der Waals surface area contributed by atoms with E-state index < -0.39 is 4.92 Å². The first kappa shape index (κ1) is 16.9. The van der Waals surface area contributed by atoms with Crippen molar-refractivity contribution in [1.82, 2.24) is 5.32 Å². The Morgan fingerprint density at radius 1 is 1.43 bits per heavy atom. The molecule has 1 amide bonds. The molecule has 1 aromatic carbocycles. The number of rotatable bonds is 7. The Hall–Kier alpha value is -2.15. The first-order valence-corrected chi connectivity index (χ1v) is 6.52. The van der Waals surface area contributed by atoms with E-state index in [-0.39, 0.29) is 24.2 Å². The summed E-state index contributed by atoms with van der Waals surface area (Å²) in [6.45, 7) is 5.40. The van der Waals surface area contributed by atoms with Crippen LogP contribution in [0.5, 0.6) is 5.75 Å². The Balaban J connectivity index is 2.73. The average molecular weight is 296 g/mol. The highest BCUT2D eigenvalue weighted by Crippen LogP contribution is 2.30. The van der Waals surface area contributed by atoms with Gasteiger partial charge in [-0.1, -0.05) is 0 Å². The van der Waals surface area contributed by atoms with Crippen LogP contribution in [-0.2, 0) is 9.53 Å². The number of carbonyl (C=O) groups excluding carboxylic acids is 1. The van der Waals surface area contributed by atoms with Crippen molar-refractivity contribution in [3.8, 4) is 5.75 Å². The fourth-order valence-corrected chi connectivity index (χ4v) is 1.98. The zero-order chi connectivity index (χ0) is 16.0. The number of aryl methyl sites for hydroxylation is 1.